The molecule has 3 aromatic rings. The van der Waals surface area contributed by atoms with Gasteiger partial charge in [-0.3, -0.25) is 4.79 Å². The van der Waals surface area contributed by atoms with E-state index in [0.29, 0.717) is 17.1 Å². The Kier molecular flexibility index (Phi) is 3.78. The van der Waals surface area contributed by atoms with Crippen LogP contribution in [0.15, 0.2) is 30.3 Å². The van der Waals surface area contributed by atoms with Gasteiger partial charge in [0, 0.05) is 6.92 Å². The summed E-state index contributed by atoms with van der Waals surface area (Å²) in [6.45, 7) is 7.37. The fourth-order valence-corrected chi connectivity index (χ4v) is 2.36. The molecule has 0 atom stereocenters. The number of benzene rings is 2. The van der Waals surface area contributed by atoms with Crippen LogP contribution in [0.2, 0.25) is 0 Å². The molecule has 0 N–H and O–H groups in total. The molecule has 5 heteroatoms. The highest BCUT2D eigenvalue weighted by Crippen LogP contribution is 2.29. The molecule has 23 heavy (non-hydrogen) atoms. The molecule has 2 aromatic carbocycles. The maximum atomic E-state index is 11.3. The molecule has 0 aliphatic rings. The molecule has 116 valence electrons. The average Bonchev–Trinajstić information content (AvgIpc) is 2.48. The molecule has 1 heterocycles. The van der Waals surface area contributed by atoms with Gasteiger partial charge in [-0.2, -0.15) is 0 Å². The molecule has 3 rings (SSSR count). The van der Waals surface area contributed by atoms with E-state index in [9.17, 15) is 4.79 Å². The third-order valence-corrected chi connectivity index (χ3v) is 3.70. The van der Waals surface area contributed by atoms with E-state index in [4.69, 9.17) is 4.74 Å². The molecule has 0 radical (unpaired) electrons. The fourth-order valence-electron chi connectivity index (χ4n) is 2.36. The lowest BCUT2D eigenvalue weighted by Crippen LogP contribution is -2.04. The molecule has 0 saturated carbocycles. The Morgan fingerprint density at radius 2 is 1.65 bits per heavy atom. The summed E-state index contributed by atoms with van der Waals surface area (Å²) in [6, 6.07) is 9.53. The van der Waals surface area contributed by atoms with Gasteiger partial charge in [-0.05, 0) is 61.7 Å². The number of hydrogen-bond donors (Lipinski definition) is 0. The second-order valence-corrected chi connectivity index (χ2v) is 5.65. The summed E-state index contributed by atoms with van der Waals surface area (Å²) in [6.07, 6.45) is 0. The number of nitrogens with zero attached hydrogens (tertiary/aromatic N) is 3. The Hall–Kier alpha value is -2.82. The van der Waals surface area contributed by atoms with Crippen LogP contribution in [0.25, 0.3) is 22.4 Å². The van der Waals surface area contributed by atoms with Gasteiger partial charge in [-0.15, -0.1) is 10.2 Å². The van der Waals surface area contributed by atoms with E-state index < -0.39 is 0 Å². The van der Waals surface area contributed by atoms with E-state index in [1.54, 1.807) is 6.07 Å². The Morgan fingerprint density at radius 1 is 0.957 bits per heavy atom. The van der Waals surface area contributed by atoms with Crippen molar-refractivity contribution in [2.75, 3.05) is 0 Å². The smallest absolute Gasteiger partial charge is 0.308 e. The Morgan fingerprint density at radius 3 is 2.35 bits per heavy atom. The minimum atomic E-state index is -0.378. The summed E-state index contributed by atoms with van der Waals surface area (Å²) >= 11 is 0. The molecule has 0 aliphatic heterocycles. The molecule has 0 spiro atoms. The predicted molar refractivity (Wildman–Crippen MR) is 88.3 cm³/mol. The first-order valence-electron chi connectivity index (χ1n) is 7.35. The van der Waals surface area contributed by atoms with Crippen molar-refractivity contribution >= 4 is 17.0 Å². The van der Waals surface area contributed by atoms with Crippen molar-refractivity contribution in [2.45, 2.75) is 27.7 Å². The minimum absolute atomic E-state index is 0.378. The molecule has 0 amide bonds. The van der Waals surface area contributed by atoms with Gasteiger partial charge in [-0.25, -0.2) is 4.98 Å². The van der Waals surface area contributed by atoms with Crippen LogP contribution in [0, 0.1) is 20.8 Å². The quantitative estimate of drug-likeness (QED) is 0.535. The number of hydrogen-bond acceptors (Lipinski definition) is 5. The van der Waals surface area contributed by atoms with Gasteiger partial charge in [-0.1, -0.05) is 6.07 Å². The highest BCUT2D eigenvalue weighted by molar-refractivity contribution is 5.79. The lowest BCUT2D eigenvalue weighted by molar-refractivity contribution is -0.131. The standard InChI is InChI=1S/C18H17N3O2/c1-10-5-6-14(17(7-10)23-13(4)22)18-19-15-8-11(2)12(3)9-16(15)20-21-18/h5-9H,1-4H3. The van der Waals surface area contributed by atoms with Crippen molar-refractivity contribution in [3.8, 4) is 17.1 Å². The number of carbonyl (C=O) groups is 1. The number of carbonyl (C=O) groups excluding carboxylic acids is 1. The summed E-state index contributed by atoms with van der Waals surface area (Å²) in [5.41, 5.74) is 5.46. The van der Waals surface area contributed by atoms with E-state index in [2.05, 4.69) is 15.2 Å². The third kappa shape index (κ3) is 3.04. The van der Waals surface area contributed by atoms with Crippen LogP contribution in [-0.2, 0) is 4.79 Å². The second kappa shape index (κ2) is 5.76. The fraction of sp³-hybridized carbons (Fsp3) is 0.222. The van der Waals surface area contributed by atoms with Crippen LogP contribution < -0.4 is 4.74 Å². The SMILES string of the molecule is CC(=O)Oc1cc(C)ccc1-c1nnc2cc(C)c(C)cc2n1. The number of esters is 1. The molecule has 5 nitrogen and oxygen atoms in total. The summed E-state index contributed by atoms with van der Waals surface area (Å²) in [4.78, 5) is 15.9. The topological polar surface area (TPSA) is 65.0 Å². The van der Waals surface area contributed by atoms with Gasteiger partial charge in [0.15, 0.2) is 5.82 Å². The normalized spacial score (nSPS) is 10.8. The maximum Gasteiger partial charge on any atom is 0.308 e. The van der Waals surface area contributed by atoms with Gasteiger partial charge in [0.2, 0.25) is 0 Å². The number of aromatic nitrogens is 3. The van der Waals surface area contributed by atoms with Crippen LogP contribution in [0.1, 0.15) is 23.6 Å². The summed E-state index contributed by atoms with van der Waals surface area (Å²) in [5, 5.41) is 8.44. The van der Waals surface area contributed by atoms with Crippen LogP contribution in [-0.4, -0.2) is 21.2 Å². The van der Waals surface area contributed by atoms with Crippen LogP contribution in [0.4, 0.5) is 0 Å². The Balaban J connectivity index is 2.16. The number of aryl methyl sites for hydroxylation is 3. The largest absolute Gasteiger partial charge is 0.426 e. The first-order valence-corrected chi connectivity index (χ1v) is 7.35. The zero-order valence-corrected chi connectivity index (χ0v) is 13.5. The molecular weight excluding hydrogens is 290 g/mol. The molecule has 0 unspecified atom stereocenters. The van der Waals surface area contributed by atoms with Gasteiger partial charge in [0.05, 0.1) is 11.1 Å². The molecule has 1 aromatic heterocycles. The first kappa shape index (κ1) is 15.1. The van der Waals surface area contributed by atoms with Gasteiger partial charge < -0.3 is 4.74 Å². The Bertz CT molecular complexity index is 920. The van der Waals surface area contributed by atoms with Crippen molar-refractivity contribution in [3.63, 3.8) is 0 Å². The van der Waals surface area contributed by atoms with Crippen LogP contribution in [0.3, 0.4) is 0 Å². The predicted octanol–water partition coefficient (Wildman–Crippen LogP) is 3.54. The lowest BCUT2D eigenvalue weighted by atomic mass is 10.1. The van der Waals surface area contributed by atoms with Gasteiger partial charge >= 0.3 is 5.97 Å². The highest BCUT2D eigenvalue weighted by atomic mass is 16.5. The van der Waals surface area contributed by atoms with Crippen molar-refractivity contribution in [1.82, 2.24) is 15.2 Å². The molecule has 0 saturated heterocycles. The molecule has 0 aliphatic carbocycles. The van der Waals surface area contributed by atoms with Crippen molar-refractivity contribution in [2.24, 2.45) is 0 Å². The van der Waals surface area contributed by atoms with Crippen molar-refractivity contribution < 1.29 is 9.53 Å². The zero-order valence-electron chi connectivity index (χ0n) is 13.5. The van der Waals surface area contributed by atoms with Crippen LogP contribution >= 0.6 is 0 Å². The number of ether oxygens (including phenoxy) is 1. The van der Waals surface area contributed by atoms with Gasteiger partial charge in [0.25, 0.3) is 0 Å². The molecule has 0 bridgehead atoms. The van der Waals surface area contributed by atoms with Crippen molar-refractivity contribution in [1.29, 1.82) is 0 Å². The summed E-state index contributed by atoms with van der Waals surface area (Å²) in [5.74, 6) is 0.511. The minimum Gasteiger partial charge on any atom is -0.426 e. The number of fused-ring (bicyclic) bond motifs is 1. The van der Waals surface area contributed by atoms with Gasteiger partial charge in [0.1, 0.15) is 11.3 Å². The third-order valence-electron chi connectivity index (χ3n) is 3.70. The van der Waals surface area contributed by atoms with Crippen molar-refractivity contribution in [3.05, 3.63) is 47.0 Å². The molecule has 0 fully saturated rings. The van der Waals surface area contributed by atoms with E-state index in [1.807, 2.05) is 45.0 Å². The Labute approximate surface area is 134 Å². The summed E-state index contributed by atoms with van der Waals surface area (Å²) in [7, 11) is 0. The van der Waals surface area contributed by atoms with E-state index >= 15 is 0 Å². The summed E-state index contributed by atoms with van der Waals surface area (Å²) < 4.78 is 5.29. The highest BCUT2D eigenvalue weighted by Gasteiger charge is 2.13. The first-order chi connectivity index (χ1) is 10.9. The second-order valence-electron chi connectivity index (χ2n) is 5.65. The van der Waals surface area contributed by atoms with Crippen LogP contribution in [0.5, 0.6) is 5.75 Å². The lowest BCUT2D eigenvalue weighted by Gasteiger charge is -2.09. The monoisotopic (exact) mass is 307 g/mol. The van der Waals surface area contributed by atoms with E-state index in [0.717, 1.165) is 27.7 Å². The number of rotatable bonds is 2. The van der Waals surface area contributed by atoms with E-state index in [-0.39, 0.29) is 5.97 Å². The molecular formula is C18H17N3O2. The zero-order chi connectivity index (χ0) is 16.6. The maximum absolute atomic E-state index is 11.3. The van der Waals surface area contributed by atoms with E-state index in [1.165, 1.54) is 6.92 Å². The average molecular weight is 307 g/mol.